The van der Waals surface area contributed by atoms with Gasteiger partial charge in [0.25, 0.3) is 5.91 Å². The van der Waals surface area contributed by atoms with Crippen LogP contribution < -0.4 is 5.32 Å². The fraction of sp³-hybridized carbons (Fsp3) is 0.611. The fourth-order valence-electron chi connectivity index (χ4n) is 3.00. The molecule has 0 bridgehead atoms. The standard InChI is InChI=1S/C18H28N2O/c1-13(2)11-20(12-16-6-5-9-19-16)18(21)17-10-14(3)7-8-15(17)4/h7-8,10,13,16,19H,5-6,9,11-12H2,1-4H3. The maximum absolute atomic E-state index is 12.9. The Balaban J connectivity index is 2.17. The third kappa shape index (κ3) is 4.31. The Labute approximate surface area is 128 Å². The van der Waals surface area contributed by atoms with Crippen molar-refractivity contribution in [3.8, 4) is 0 Å². The fourth-order valence-corrected chi connectivity index (χ4v) is 3.00. The summed E-state index contributed by atoms with van der Waals surface area (Å²) >= 11 is 0. The molecule has 1 atom stereocenters. The largest absolute Gasteiger partial charge is 0.337 e. The lowest BCUT2D eigenvalue weighted by molar-refractivity contribution is 0.0720. The molecule has 3 nitrogen and oxygen atoms in total. The van der Waals surface area contributed by atoms with Crippen LogP contribution in [-0.2, 0) is 0 Å². The summed E-state index contributed by atoms with van der Waals surface area (Å²) in [5.41, 5.74) is 3.07. The minimum Gasteiger partial charge on any atom is -0.337 e. The van der Waals surface area contributed by atoms with Crippen molar-refractivity contribution in [2.24, 2.45) is 5.92 Å². The van der Waals surface area contributed by atoms with Crippen LogP contribution in [-0.4, -0.2) is 36.5 Å². The van der Waals surface area contributed by atoms with Gasteiger partial charge in [-0.05, 0) is 50.8 Å². The lowest BCUT2D eigenvalue weighted by Crippen LogP contribution is -2.43. The van der Waals surface area contributed by atoms with E-state index in [0.29, 0.717) is 12.0 Å². The Kier molecular flexibility index (Phi) is 5.40. The number of rotatable bonds is 5. The number of carbonyl (C=O) groups excluding carboxylic acids is 1. The van der Waals surface area contributed by atoms with Crippen LogP contribution in [0.3, 0.4) is 0 Å². The van der Waals surface area contributed by atoms with Crippen molar-refractivity contribution in [1.29, 1.82) is 0 Å². The SMILES string of the molecule is Cc1ccc(C)c(C(=O)N(CC(C)C)CC2CCCN2)c1. The van der Waals surface area contributed by atoms with Gasteiger partial charge in [0.2, 0.25) is 0 Å². The summed E-state index contributed by atoms with van der Waals surface area (Å²) in [4.78, 5) is 15.0. The highest BCUT2D eigenvalue weighted by Crippen LogP contribution is 2.16. The van der Waals surface area contributed by atoms with Gasteiger partial charge in [0.15, 0.2) is 0 Å². The Morgan fingerprint density at radius 1 is 1.38 bits per heavy atom. The zero-order chi connectivity index (χ0) is 15.4. The molecule has 1 saturated heterocycles. The van der Waals surface area contributed by atoms with E-state index in [9.17, 15) is 4.79 Å². The average molecular weight is 288 g/mol. The van der Waals surface area contributed by atoms with E-state index in [1.807, 2.05) is 30.9 Å². The van der Waals surface area contributed by atoms with Crippen LogP contribution >= 0.6 is 0 Å². The molecule has 1 N–H and O–H groups in total. The first-order valence-electron chi connectivity index (χ1n) is 8.07. The molecule has 0 aromatic heterocycles. The molecule has 1 aromatic carbocycles. The molecule has 1 amide bonds. The van der Waals surface area contributed by atoms with Gasteiger partial charge >= 0.3 is 0 Å². The van der Waals surface area contributed by atoms with Gasteiger partial charge in [0, 0.05) is 24.7 Å². The van der Waals surface area contributed by atoms with Crippen molar-refractivity contribution in [2.45, 2.75) is 46.6 Å². The summed E-state index contributed by atoms with van der Waals surface area (Å²) in [6.45, 7) is 11.1. The lowest BCUT2D eigenvalue weighted by atomic mass is 10.0. The number of carbonyl (C=O) groups is 1. The quantitative estimate of drug-likeness (QED) is 0.902. The number of hydrogen-bond donors (Lipinski definition) is 1. The molecule has 0 radical (unpaired) electrons. The van der Waals surface area contributed by atoms with Crippen LogP contribution in [0.15, 0.2) is 18.2 Å². The van der Waals surface area contributed by atoms with E-state index < -0.39 is 0 Å². The second-order valence-electron chi connectivity index (χ2n) is 6.72. The van der Waals surface area contributed by atoms with E-state index in [4.69, 9.17) is 0 Å². The van der Waals surface area contributed by atoms with E-state index in [1.165, 1.54) is 12.8 Å². The second-order valence-corrected chi connectivity index (χ2v) is 6.72. The maximum Gasteiger partial charge on any atom is 0.254 e. The summed E-state index contributed by atoms with van der Waals surface area (Å²) in [6, 6.07) is 6.59. The molecule has 0 saturated carbocycles. The van der Waals surface area contributed by atoms with Crippen LogP contribution in [0.25, 0.3) is 0 Å². The zero-order valence-electron chi connectivity index (χ0n) is 13.8. The third-order valence-corrected chi connectivity index (χ3v) is 4.10. The van der Waals surface area contributed by atoms with E-state index in [-0.39, 0.29) is 5.91 Å². The number of nitrogens with zero attached hydrogens (tertiary/aromatic N) is 1. The second kappa shape index (κ2) is 7.08. The Morgan fingerprint density at radius 3 is 2.76 bits per heavy atom. The summed E-state index contributed by atoms with van der Waals surface area (Å²) in [5, 5.41) is 3.50. The van der Waals surface area contributed by atoms with Crippen LogP contribution in [0, 0.1) is 19.8 Å². The first-order valence-corrected chi connectivity index (χ1v) is 8.07. The maximum atomic E-state index is 12.9. The Morgan fingerprint density at radius 2 is 2.14 bits per heavy atom. The van der Waals surface area contributed by atoms with Gasteiger partial charge in [-0.2, -0.15) is 0 Å². The Hall–Kier alpha value is -1.35. The number of hydrogen-bond acceptors (Lipinski definition) is 2. The number of benzene rings is 1. The first kappa shape index (κ1) is 16.0. The predicted molar refractivity (Wildman–Crippen MR) is 87.7 cm³/mol. The van der Waals surface area contributed by atoms with Crippen LogP contribution in [0.4, 0.5) is 0 Å². The van der Waals surface area contributed by atoms with Crippen LogP contribution in [0.1, 0.15) is 48.2 Å². The van der Waals surface area contributed by atoms with Crippen molar-refractivity contribution < 1.29 is 4.79 Å². The normalized spacial score (nSPS) is 18.2. The van der Waals surface area contributed by atoms with Gasteiger partial charge in [0.05, 0.1) is 0 Å². The Bertz CT molecular complexity index is 490. The van der Waals surface area contributed by atoms with E-state index in [2.05, 4.69) is 25.2 Å². The lowest BCUT2D eigenvalue weighted by Gasteiger charge is -2.28. The van der Waals surface area contributed by atoms with Gasteiger partial charge in [-0.3, -0.25) is 4.79 Å². The minimum atomic E-state index is 0.179. The van der Waals surface area contributed by atoms with Gasteiger partial charge in [-0.15, -0.1) is 0 Å². The van der Waals surface area contributed by atoms with Gasteiger partial charge in [-0.1, -0.05) is 31.5 Å². The van der Waals surface area contributed by atoms with Crippen molar-refractivity contribution in [1.82, 2.24) is 10.2 Å². The summed E-state index contributed by atoms with van der Waals surface area (Å²) in [7, 11) is 0. The van der Waals surface area contributed by atoms with E-state index in [1.54, 1.807) is 0 Å². The van der Waals surface area contributed by atoms with E-state index >= 15 is 0 Å². The highest BCUT2D eigenvalue weighted by Gasteiger charge is 2.23. The summed E-state index contributed by atoms with van der Waals surface area (Å²) < 4.78 is 0. The molecular formula is C18H28N2O. The molecule has 0 spiro atoms. The molecule has 2 rings (SSSR count). The molecular weight excluding hydrogens is 260 g/mol. The topological polar surface area (TPSA) is 32.3 Å². The molecule has 3 heteroatoms. The van der Waals surface area contributed by atoms with Gasteiger partial charge in [-0.25, -0.2) is 0 Å². The van der Waals surface area contributed by atoms with Gasteiger partial charge in [0.1, 0.15) is 0 Å². The third-order valence-electron chi connectivity index (χ3n) is 4.10. The minimum absolute atomic E-state index is 0.179. The van der Waals surface area contributed by atoms with Crippen LogP contribution in [0.2, 0.25) is 0 Å². The molecule has 1 aliphatic rings. The monoisotopic (exact) mass is 288 g/mol. The number of nitrogens with one attached hydrogen (secondary N) is 1. The highest BCUT2D eigenvalue weighted by molar-refractivity contribution is 5.95. The summed E-state index contributed by atoms with van der Waals surface area (Å²) in [6.07, 6.45) is 2.40. The smallest absolute Gasteiger partial charge is 0.254 e. The van der Waals surface area contributed by atoms with E-state index in [0.717, 1.165) is 36.3 Å². The van der Waals surface area contributed by atoms with Crippen molar-refractivity contribution in [3.05, 3.63) is 34.9 Å². The van der Waals surface area contributed by atoms with Crippen LogP contribution in [0.5, 0.6) is 0 Å². The van der Waals surface area contributed by atoms with Crippen molar-refractivity contribution >= 4 is 5.91 Å². The molecule has 1 aliphatic heterocycles. The zero-order valence-corrected chi connectivity index (χ0v) is 13.8. The molecule has 1 aromatic rings. The summed E-state index contributed by atoms with van der Waals surface area (Å²) in [5.74, 6) is 0.666. The predicted octanol–water partition coefficient (Wildman–Crippen LogP) is 3.15. The molecule has 1 heterocycles. The number of amides is 1. The average Bonchev–Trinajstić information content (AvgIpc) is 2.92. The van der Waals surface area contributed by atoms with Gasteiger partial charge < -0.3 is 10.2 Å². The van der Waals surface area contributed by atoms with Crippen molar-refractivity contribution in [3.63, 3.8) is 0 Å². The molecule has 1 fully saturated rings. The molecule has 1 unspecified atom stereocenters. The molecule has 21 heavy (non-hydrogen) atoms. The van der Waals surface area contributed by atoms with Crippen molar-refractivity contribution in [2.75, 3.05) is 19.6 Å². The first-order chi connectivity index (χ1) is 9.97. The molecule has 116 valence electrons. The molecule has 0 aliphatic carbocycles. The number of aryl methyl sites for hydroxylation is 2. The highest BCUT2D eigenvalue weighted by atomic mass is 16.2.